The number of nitrogens with two attached hydrogens (primary N) is 1. The van der Waals surface area contributed by atoms with Gasteiger partial charge in [0.05, 0.1) is 16.0 Å². The number of hydrogen-bond acceptors (Lipinski definition) is 5. The highest BCUT2D eigenvalue weighted by atomic mass is 35.5. The van der Waals surface area contributed by atoms with Crippen molar-refractivity contribution in [2.24, 2.45) is 5.73 Å². The van der Waals surface area contributed by atoms with Crippen LogP contribution in [-0.4, -0.2) is 14.1 Å². The van der Waals surface area contributed by atoms with E-state index in [1.807, 2.05) is 37.2 Å². The molecule has 8 heteroatoms. The second-order valence-electron chi connectivity index (χ2n) is 7.74. The molecule has 0 amide bonds. The van der Waals surface area contributed by atoms with E-state index < -0.39 is 5.92 Å². The summed E-state index contributed by atoms with van der Waals surface area (Å²) in [6, 6.07) is 17.5. The number of fused-ring (bicyclic) bond motifs is 1. The van der Waals surface area contributed by atoms with Crippen LogP contribution in [0.2, 0.25) is 10.0 Å². The number of allylic oxidation sites excluding steroid dienone is 1. The molecule has 33 heavy (non-hydrogen) atoms. The smallest absolute Gasteiger partial charge is 0.205 e. The van der Waals surface area contributed by atoms with E-state index in [9.17, 15) is 9.65 Å². The zero-order valence-corrected chi connectivity index (χ0v) is 19.4. The summed E-state index contributed by atoms with van der Waals surface area (Å²) in [5.74, 6) is -0.0917. The average molecular weight is 484 g/mol. The quantitative estimate of drug-likeness (QED) is 0.481. The van der Waals surface area contributed by atoms with Gasteiger partial charge in [-0.15, -0.1) is 0 Å². The summed E-state index contributed by atoms with van der Waals surface area (Å²) in [5.41, 5.74) is 9.07. The Hall–Kier alpha value is -3.40. The standard InChI is InChI=1S/C25H20Cl2FN3O2/c1-31(2)16-7-8-17-22(11-16)33-25(30)18(12-29)23(17)15-9-19(26)24(20(27)10-15)32-13-14-5-3-4-6-21(14)28/h3-11,23H,13,30H2,1-2H3. The van der Waals surface area contributed by atoms with Crippen molar-refractivity contribution in [1.29, 1.82) is 5.26 Å². The Morgan fingerprint density at radius 2 is 1.82 bits per heavy atom. The van der Waals surface area contributed by atoms with Crippen molar-refractivity contribution in [2.75, 3.05) is 19.0 Å². The van der Waals surface area contributed by atoms with E-state index in [0.29, 0.717) is 16.9 Å². The van der Waals surface area contributed by atoms with E-state index >= 15 is 0 Å². The van der Waals surface area contributed by atoms with E-state index in [1.54, 1.807) is 30.3 Å². The number of rotatable bonds is 5. The predicted octanol–water partition coefficient (Wildman–Crippen LogP) is 6.00. The first kappa shape index (κ1) is 22.8. The Morgan fingerprint density at radius 1 is 1.12 bits per heavy atom. The fraction of sp³-hybridized carbons (Fsp3) is 0.160. The molecule has 1 aliphatic heterocycles. The minimum absolute atomic E-state index is 0.0260. The fourth-order valence-electron chi connectivity index (χ4n) is 3.71. The molecule has 1 unspecified atom stereocenters. The SMILES string of the molecule is CN(C)c1ccc2c(c1)OC(N)=C(C#N)C2c1cc(Cl)c(OCc2ccccc2F)c(Cl)c1. The maximum absolute atomic E-state index is 13.9. The van der Waals surface area contributed by atoms with Gasteiger partial charge >= 0.3 is 0 Å². The third-order valence-electron chi connectivity index (χ3n) is 5.40. The van der Waals surface area contributed by atoms with E-state index in [2.05, 4.69) is 6.07 Å². The molecule has 1 aliphatic rings. The Balaban J connectivity index is 1.73. The van der Waals surface area contributed by atoms with E-state index in [0.717, 1.165) is 11.3 Å². The van der Waals surface area contributed by atoms with Crippen LogP contribution < -0.4 is 20.1 Å². The van der Waals surface area contributed by atoms with Crippen LogP contribution in [0, 0.1) is 17.1 Å². The van der Waals surface area contributed by atoms with Crippen molar-refractivity contribution in [1.82, 2.24) is 0 Å². The second kappa shape index (κ2) is 9.22. The lowest BCUT2D eigenvalue weighted by molar-refractivity contribution is 0.300. The number of benzene rings is 3. The molecule has 0 saturated carbocycles. The molecule has 0 saturated heterocycles. The third kappa shape index (κ3) is 4.43. The molecule has 0 aromatic heterocycles. The lowest BCUT2D eigenvalue weighted by Gasteiger charge is -2.28. The number of hydrogen-bond donors (Lipinski definition) is 1. The summed E-state index contributed by atoms with van der Waals surface area (Å²) in [5, 5.41) is 10.3. The number of nitriles is 1. The third-order valence-corrected chi connectivity index (χ3v) is 5.96. The molecular weight excluding hydrogens is 464 g/mol. The topological polar surface area (TPSA) is 71.5 Å². The molecule has 0 fully saturated rings. The Bertz CT molecular complexity index is 1280. The number of ether oxygens (including phenoxy) is 2. The summed E-state index contributed by atoms with van der Waals surface area (Å²) >= 11 is 13.0. The first-order valence-electron chi connectivity index (χ1n) is 10.0. The van der Waals surface area contributed by atoms with Gasteiger partial charge in [-0.05, 0) is 29.8 Å². The van der Waals surface area contributed by atoms with Crippen LogP contribution in [0.5, 0.6) is 11.5 Å². The van der Waals surface area contributed by atoms with Gasteiger partial charge in [0.25, 0.3) is 0 Å². The van der Waals surface area contributed by atoms with Crippen LogP contribution in [-0.2, 0) is 6.61 Å². The summed E-state index contributed by atoms with van der Waals surface area (Å²) in [6.07, 6.45) is 0. The molecular formula is C25H20Cl2FN3O2. The number of nitrogens with zero attached hydrogens (tertiary/aromatic N) is 2. The van der Waals surface area contributed by atoms with Crippen LogP contribution in [0.1, 0.15) is 22.6 Å². The van der Waals surface area contributed by atoms with Crippen LogP contribution >= 0.6 is 23.2 Å². The average Bonchev–Trinajstić information content (AvgIpc) is 2.78. The molecule has 2 N–H and O–H groups in total. The highest BCUT2D eigenvalue weighted by Crippen LogP contribution is 2.46. The molecule has 3 aromatic rings. The normalized spacial score (nSPS) is 14.8. The molecule has 0 bridgehead atoms. The molecule has 4 rings (SSSR count). The first-order valence-corrected chi connectivity index (χ1v) is 10.8. The molecule has 1 heterocycles. The van der Waals surface area contributed by atoms with Crippen molar-refractivity contribution in [2.45, 2.75) is 12.5 Å². The van der Waals surface area contributed by atoms with Gasteiger partial charge < -0.3 is 20.1 Å². The van der Waals surface area contributed by atoms with Gasteiger partial charge in [-0.3, -0.25) is 0 Å². The van der Waals surface area contributed by atoms with E-state index in [-0.39, 0.29) is 39.7 Å². The van der Waals surface area contributed by atoms with Crippen molar-refractivity contribution in [3.63, 3.8) is 0 Å². The summed E-state index contributed by atoms with van der Waals surface area (Å²) in [6.45, 7) is -0.0326. The number of anilines is 1. The van der Waals surface area contributed by atoms with Gasteiger partial charge in [0.15, 0.2) is 5.75 Å². The maximum Gasteiger partial charge on any atom is 0.205 e. The fourth-order valence-corrected chi connectivity index (χ4v) is 4.33. The highest BCUT2D eigenvalue weighted by Gasteiger charge is 2.32. The lowest BCUT2D eigenvalue weighted by Crippen LogP contribution is -2.21. The van der Waals surface area contributed by atoms with Crippen molar-refractivity contribution in [3.8, 4) is 17.6 Å². The predicted molar refractivity (Wildman–Crippen MR) is 127 cm³/mol. The zero-order chi connectivity index (χ0) is 23.7. The van der Waals surface area contributed by atoms with Gasteiger partial charge in [-0.2, -0.15) is 5.26 Å². The second-order valence-corrected chi connectivity index (χ2v) is 8.55. The molecule has 168 valence electrons. The van der Waals surface area contributed by atoms with Gasteiger partial charge in [0.1, 0.15) is 29.8 Å². The Morgan fingerprint density at radius 3 is 2.45 bits per heavy atom. The monoisotopic (exact) mass is 483 g/mol. The minimum atomic E-state index is -0.523. The molecule has 3 aromatic carbocycles. The van der Waals surface area contributed by atoms with Crippen molar-refractivity contribution >= 4 is 28.9 Å². The van der Waals surface area contributed by atoms with Crippen molar-refractivity contribution in [3.05, 3.63) is 98.6 Å². The molecule has 0 aliphatic carbocycles. The van der Waals surface area contributed by atoms with Gasteiger partial charge in [-0.1, -0.05) is 47.5 Å². The van der Waals surface area contributed by atoms with Gasteiger partial charge in [-0.25, -0.2) is 4.39 Å². The van der Waals surface area contributed by atoms with Crippen LogP contribution in [0.3, 0.4) is 0 Å². The lowest BCUT2D eigenvalue weighted by atomic mass is 9.83. The summed E-state index contributed by atoms with van der Waals surface area (Å²) in [4.78, 5) is 1.94. The molecule has 0 spiro atoms. The first-order chi connectivity index (χ1) is 15.8. The molecule has 0 radical (unpaired) electrons. The van der Waals surface area contributed by atoms with Crippen LogP contribution in [0.25, 0.3) is 0 Å². The Kier molecular flexibility index (Phi) is 6.37. The number of halogens is 3. The molecule has 5 nitrogen and oxygen atoms in total. The highest BCUT2D eigenvalue weighted by molar-refractivity contribution is 6.37. The Labute approximate surface area is 201 Å². The maximum atomic E-state index is 13.9. The van der Waals surface area contributed by atoms with Gasteiger partial charge in [0.2, 0.25) is 5.88 Å². The molecule has 1 atom stereocenters. The minimum Gasteiger partial charge on any atom is -0.486 e. The van der Waals surface area contributed by atoms with E-state index in [1.165, 1.54) is 6.07 Å². The van der Waals surface area contributed by atoms with Gasteiger partial charge in [0, 0.05) is 37.0 Å². The zero-order valence-electron chi connectivity index (χ0n) is 17.9. The summed E-state index contributed by atoms with van der Waals surface area (Å²) in [7, 11) is 3.84. The van der Waals surface area contributed by atoms with Crippen LogP contribution in [0.4, 0.5) is 10.1 Å². The van der Waals surface area contributed by atoms with Crippen LogP contribution in [0.15, 0.2) is 66.1 Å². The summed E-state index contributed by atoms with van der Waals surface area (Å²) < 4.78 is 25.4. The van der Waals surface area contributed by atoms with E-state index in [4.69, 9.17) is 38.4 Å². The largest absolute Gasteiger partial charge is 0.486 e. The van der Waals surface area contributed by atoms with Crippen molar-refractivity contribution < 1.29 is 13.9 Å².